The van der Waals surface area contributed by atoms with Crippen LogP contribution in [0.3, 0.4) is 0 Å². The Hall–Kier alpha value is -4.34. The van der Waals surface area contributed by atoms with E-state index < -0.39 is 23.5 Å². The Labute approximate surface area is 258 Å². The highest BCUT2D eigenvalue weighted by Gasteiger charge is 2.44. The second kappa shape index (κ2) is 14.4. The third kappa shape index (κ3) is 6.90. The zero-order valence-corrected chi connectivity index (χ0v) is 25.6. The first-order chi connectivity index (χ1) is 21.4. The summed E-state index contributed by atoms with van der Waals surface area (Å²) >= 11 is 0. The van der Waals surface area contributed by atoms with Crippen molar-refractivity contribution in [1.29, 1.82) is 0 Å². The predicted octanol–water partition coefficient (Wildman–Crippen LogP) is 2.51. The molecule has 2 aliphatic rings. The van der Waals surface area contributed by atoms with Gasteiger partial charge in [-0.15, -0.1) is 0 Å². The molecule has 2 saturated heterocycles. The van der Waals surface area contributed by atoms with E-state index in [0.717, 1.165) is 25.2 Å². The van der Waals surface area contributed by atoms with Crippen molar-refractivity contribution in [2.24, 2.45) is 0 Å². The Morgan fingerprint density at radius 1 is 1.00 bits per heavy atom. The average molecular weight is 601 g/mol. The van der Waals surface area contributed by atoms with Gasteiger partial charge >= 0.3 is 0 Å². The molecule has 9 nitrogen and oxygen atoms in total. The molecule has 2 fully saturated rings. The summed E-state index contributed by atoms with van der Waals surface area (Å²) in [6, 6.07) is 19.5. The summed E-state index contributed by atoms with van der Waals surface area (Å²) in [5, 5.41) is 14.1. The monoisotopic (exact) mass is 600 g/mol. The van der Waals surface area contributed by atoms with Crippen molar-refractivity contribution >= 4 is 17.4 Å². The number of hydrogen-bond acceptors (Lipinski definition) is 7. The molecule has 232 valence electrons. The third-order valence-electron chi connectivity index (χ3n) is 8.15. The molecule has 1 unspecified atom stereocenters. The largest absolute Gasteiger partial charge is 0.872 e. The molecule has 0 bridgehead atoms. The number of methoxy groups -OCH3 is 1. The lowest BCUT2D eigenvalue weighted by Gasteiger charge is -2.29. The zero-order valence-electron chi connectivity index (χ0n) is 25.6. The zero-order chi connectivity index (χ0) is 31.1. The molecule has 2 heterocycles. The molecular weight excluding hydrogens is 560 g/mol. The lowest BCUT2D eigenvalue weighted by atomic mass is 9.93. The highest BCUT2D eigenvalue weighted by molar-refractivity contribution is 6.46. The number of likely N-dealkylation sites (tertiary alicyclic amines) is 1. The minimum Gasteiger partial charge on any atom is -0.872 e. The van der Waals surface area contributed by atoms with Crippen LogP contribution < -0.4 is 24.2 Å². The molecule has 0 aromatic heterocycles. The van der Waals surface area contributed by atoms with E-state index in [-0.39, 0.29) is 5.57 Å². The van der Waals surface area contributed by atoms with E-state index in [1.807, 2.05) is 44.2 Å². The van der Waals surface area contributed by atoms with Gasteiger partial charge < -0.3 is 33.9 Å². The molecule has 3 aromatic carbocycles. The molecule has 0 saturated carbocycles. The fourth-order valence-corrected chi connectivity index (χ4v) is 5.85. The maximum absolute atomic E-state index is 14.1. The fraction of sp³-hybridized carbons (Fsp3) is 0.371. The fourth-order valence-electron chi connectivity index (χ4n) is 5.85. The van der Waals surface area contributed by atoms with Gasteiger partial charge in [0.15, 0.2) is 11.5 Å². The second-order valence-electron chi connectivity index (χ2n) is 11.0. The predicted molar refractivity (Wildman–Crippen MR) is 163 cm³/mol. The Bertz CT molecular complexity index is 1500. The molecule has 3 aromatic rings. The van der Waals surface area contributed by atoms with Crippen LogP contribution in [-0.4, -0.2) is 69.7 Å². The number of ketones is 1. The second-order valence-corrected chi connectivity index (χ2v) is 11.0. The Morgan fingerprint density at radius 2 is 1.77 bits per heavy atom. The first-order valence-corrected chi connectivity index (χ1v) is 15.2. The maximum Gasteiger partial charge on any atom is 0.295 e. The Balaban J connectivity index is 1.47. The lowest BCUT2D eigenvalue weighted by molar-refractivity contribution is -0.908. The van der Waals surface area contributed by atoms with Crippen molar-refractivity contribution < 1.29 is 38.5 Å². The van der Waals surface area contributed by atoms with Crippen LogP contribution in [0, 0.1) is 6.92 Å². The molecule has 0 aliphatic carbocycles. The molecule has 0 spiro atoms. The minimum absolute atomic E-state index is 0.0546. The topological polar surface area (TPSA) is 102 Å². The Morgan fingerprint density at radius 3 is 2.48 bits per heavy atom. The van der Waals surface area contributed by atoms with E-state index in [4.69, 9.17) is 18.9 Å². The van der Waals surface area contributed by atoms with Crippen LogP contribution >= 0.6 is 0 Å². The molecule has 0 radical (unpaired) electrons. The summed E-state index contributed by atoms with van der Waals surface area (Å²) in [5.74, 6) is -0.265. The summed E-state index contributed by atoms with van der Waals surface area (Å²) in [5.41, 5.74) is 2.61. The number of ether oxygens (including phenoxy) is 4. The lowest BCUT2D eigenvalue weighted by Crippen LogP contribution is -3.14. The van der Waals surface area contributed by atoms with E-state index >= 15 is 0 Å². The van der Waals surface area contributed by atoms with Crippen LogP contribution in [0.15, 0.2) is 72.3 Å². The van der Waals surface area contributed by atoms with Crippen molar-refractivity contribution in [3.8, 4) is 17.2 Å². The molecular formula is C35H40N2O7. The molecule has 1 atom stereocenters. The number of morpholine rings is 1. The number of carbonyl (C=O) groups excluding carboxylic acids is 2. The number of nitrogens with zero attached hydrogens (tertiary/aromatic N) is 1. The van der Waals surface area contributed by atoms with Gasteiger partial charge in [0.1, 0.15) is 25.4 Å². The number of aryl methyl sites for hydroxylation is 1. The highest BCUT2D eigenvalue weighted by Crippen LogP contribution is 2.42. The van der Waals surface area contributed by atoms with Crippen molar-refractivity contribution in [1.82, 2.24) is 4.90 Å². The van der Waals surface area contributed by atoms with Crippen molar-refractivity contribution in [3.63, 3.8) is 0 Å². The van der Waals surface area contributed by atoms with Gasteiger partial charge in [-0.1, -0.05) is 48.2 Å². The van der Waals surface area contributed by atoms with Gasteiger partial charge in [0.2, 0.25) is 5.78 Å². The molecule has 2 aliphatic heterocycles. The number of nitrogens with one attached hydrogen (secondary N) is 1. The third-order valence-corrected chi connectivity index (χ3v) is 8.15. The number of Topliss-reactive ketones (excluding diaryl/α,β-unsaturated/α-hetero) is 1. The van der Waals surface area contributed by atoms with Crippen molar-refractivity contribution in [3.05, 3.63) is 94.6 Å². The number of rotatable bonds is 12. The van der Waals surface area contributed by atoms with Gasteiger partial charge in [-0.3, -0.25) is 9.59 Å². The number of quaternary nitrogens is 1. The van der Waals surface area contributed by atoms with Gasteiger partial charge in [0, 0.05) is 18.5 Å². The number of hydrogen-bond donors (Lipinski definition) is 1. The van der Waals surface area contributed by atoms with Crippen LogP contribution in [0.4, 0.5) is 0 Å². The maximum atomic E-state index is 14.1. The van der Waals surface area contributed by atoms with Crippen molar-refractivity contribution in [2.75, 3.05) is 53.1 Å². The van der Waals surface area contributed by atoms with Gasteiger partial charge in [0.25, 0.3) is 5.91 Å². The van der Waals surface area contributed by atoms with Gasteiger partial charge in [-0.25, -0.2) is 0 Å². The van der Waals surface area contributed by atoms with E-state index in [1.54, 1.807) is 36.4 Å². The average Bonchev–Trinajstić information content (AvgIpc) is 3.30. The normalized spacial score (nSPS) is 18.4. The summed E-state index contributed by atoms with van der Waals surface area (Å²) in [4.78, 5) is 30.0. The van der Waals surface area contributed by atoms with Gasteiger partial charge in [0.05, 0.1) is 39.5 Å². The molecule has 1 amide bonds. The van der Waals surface area contributed by atoms with E-state index in [9.17, 15) is 14.7 Å². The summed E-state index contributed by atoms with van der Waals surface area (Å²) < 4.78 is 22.7. The quantitative estimate of drug-likeness (QED) is 0.194. The molecule has 9 heteroatoms. The van der Waals surface area contributed by atoms with E-state index in [0.29, 0.717) is 73.3 Å². The van der Waals surface area contributed by atoms with Crippen LogP contribution in [0.25, 0.3) is 5.76 Å². The summed E-state index contributed by atoms with van der Waals surface area (Å²) in [7, 11) is 1.54. The molecule has 1 N–H and O–H groups in total. The van der Waals surface area contributed by atoms with E-state index in [2.05, 4.69) is 0 Å². The minimum atomic E-state index is -0.847. The van der Waals surface area contributed by atoms with E-state index in [1.165, 1.54) is 16.9 Å². The molecule has 5 rings (SSSR count). The standard InChI is InChI=1S/C35H40N2O7/c1-4-43-29-14-11-26(22-30(29)41-3)32-31(34(39)35(40)37(32)16-8-15-36-17-19-42-20-18-36)33(38)28-13-12-27(21-24(28)2)44-23-25-9-6-5-7-10-25/h5-7,9-14,21-22,32,38H,4,8,15-20,23H2,1-3H3. The first-order valence-electron chi connectivity index (χ1n) is 15.2. The van der Waals surface area contributed by atoms with Gasteiger partial charge in [-0.05, 0) is 60.4 Å². The SMILES string of the molecule is CCOc1ccc(C2C(=C([O-])c3ccc(OCc4ccccc4)cc3C)C(=O)C(=O)N2CCC[NH+]2CCOCC2)cc1OC. The smallest absolute Gasteiger partial charge is 0.295 e. The summed E-state index contributed by atoms with van der Waals surface area (Å²) in [6.45, 7) is 8.96. The summed E-state index contributed by atoms with van der Waals surface area (Å²) in [6.07, 6.45) is 0.687. The highest BCUT2D eigenvalue weighted by atomic mass is 16.5. The van der Waals surface area contributed by atoms with Crippen molar-refractivity contribution in [2.45, 2.75) is 32.9 Å². The number of amides is 1. The number of carbonyl (C=O) groups is 2. The van der Waals surface area contributed by atoms with Crippen LogP contribution in [0.1, 0.15) is 41.6 Å². The van der Waals surface area contributed by atoms with Crippen LogP contribution in [0.2, 0.25) is 0 Å². The van der Waals surface area contributed by atoms with Gasteiger partial charge in [-0.2, -0.15) is 0 Å². The van der Waals surface area contributed by atoms with Crippen LogP contribution in [0.5, 0.6) is 17.2 Å². The number of benzene rings is 3. The van der Waals surface area contributed by atoms with Crippen LogP contribution in [-0.2, 0) is 20.9 Å². The first kappa shape index (κ1) is 31.1. The molecule has 44 heavy (non-hydrogen) atoms. The Kier molecular flexibility index (Phi) is 10.2.